The zero-order valence-corrected chi connectivity index (χ0v) is 9.26. The number of carbonyl (C=O) groups excluding carboxylic acids is 2. The van der Waals surface area contributed by atoms with Crippen LogP contribution in [0.25, 0.3) is 0 Å². The number of hydrogen-bond acceptors (Lipinski definition) is 4. The summed E-state index contributed by atoms with van der Waals surface area (Å²) in [5.74, 6) is -0.574. The monoisotopic (exact) mass is 227 g/mol. The average molecular weight is 227 g/mol. The van der Waals surface area contributed by atoms with Crippen LogP contribution in [0.5, 0.6) is 0 Å². The highest BCUT2D eigenvalue weighted by molar-refractivity contribution is 7.99. The fourth-order valence-electron chi connectivity index (χ4n) is 0.789. The SMILES string of the molecule is C=CC(=O)NCC(SC)C(=O)NCC#N. The van der Waals surface area contributed by atoms with Crippen molar-refractivity contribution in [3.63, 3.8) is 0 Å². The highest BCUT2D eigenvalue weighted by atomic mass is 32.2. The summed E-state index contributed by atoms with van der Waals surface area (Å²) in [6.45, 7) is 3.50. The molecule has 15 heavy (non-hydrogen) atoms. The molecule has 0 radical (unpaired) electrons. The van der Waals surface area contributed by atoms with Gasteiger partial charge in [-0.1, -0.05) is 6.58 Å². The van der Waals surface area contributed by atoms with Crippen LogP contribution in [0, 0.1) is 11.3 Å². The summed E-state index contributed by atoms with van der Waals surface area (Å²) in [6, 6.07) is 1.81. The summed E-state index contributed by atoms with van der Waals surface area (Å²) < 4.78 is 0. The maximum absolute atomic E-state index is 11.4. The molecule has 0 spiro atoms. The zero-order valence-electron chi connectivity index (χ0n) is 8.45. The van der Waals surface area contributed by atoms with E-state index in [1.807, 2.05) is 6.07 Å². The molecule has 0 aliphatic heterocycles. The molecule has 0 bridgehead atoms. The van der Waals surface area contributed by atoms with Crippen LogP contribution in [0.3, 0.4) is 0 Å². The molecule has 2 amide bonds. The van der Waals surface area contributed by atoms with E-state index in [0.717, 1.165) is 6.08 Å². The van der Waals surface area contributed by atoms with Crippen molar-refractivity contribution in [1.82, 2.24) is 10.6 Å². The van der Waals surface area contributed by atoms with Crippen LogP contribution in [0.15, 0.2) is 12.7 Å². The van der Waals surface area contributed by atoms with Gasteiger partial charge in [-0.15, -0.1) is 0 Å². The van der Waals surface area contributed by atoms with Crippen LogP contribution < -0.4 is 10.6 Å². The van der Waals surface area contributed by atoms with Crippen LogP contribution in [0.4, 0.5) is 0 Å². The molecule has 1 unspecified atom stereocenters. The Morgan fingerprint density at radius 3 is 2.73 bits per heavy atom. The smallest absolute Gasteiger partial charge is 0.243 e. The minimum absolute atomic E-state index is 0.0225. The summed E-state index contributed by atoms with van der Waals surface area (Å²) >= 11 is 1.31. The Morgan fingerprint density at radius 1 is 1.60 bits per heavy atom. The van der Waals surface area contributed by atoms with Crippen molar-refractivity contribution in [2.75, 3.05) is 19.3 Å². The van der Waals surface area contributed by atoms with Gasteiger partial charge in [-0.2, -0.15) is 17.0 Å². The van der Waals surface area contributed by atoms with Gasteiger partial charge in [0.15, 0.2) is 0 Å². The lowest BCUT2D eigenvalue weighted by atomic mass is 10.3. The molecule has 0 saturated carbocycles. The summed E-state index contributed by atoms with van der Waals surface area (Å²) in [6.07, 6.45) is 2.90. The normalized spacial score (nSPS) is 10.9. The first kappa shape index (κ1) is 13.5. The zero-order chi connectivity index (χ0) is 11.7. The van der Waals surface area contributed by atoms with E-state index in [4.69, 9.17) is 5.26 Å². The van der Waals surface area contributed by atoms with E-state index in [1.54, 1.807) is 6.26 Å². The van der Waals surface area contributed by atoms with Crippen molar-refractivity contribution in [2.24, 2.45) is 0 Å². The Kier molecular flexibility index (Phi) is 7.10. The van der Waals surface area contributed by atoms with E-state index >= 15 is 0 Å². The van der Waals surface area contributed by atoms with Crippen molar-refractivity contribution in [3.05, 3.63) is 12.7 Å². The van der Waals surface area contributed by atoms with Crippen LogP contribution >= 0.6 is 11.8 Å². The van der Waals surface area contributed by atoms with E-state index in [1.165, 1.54) is 11.8 Å². The van der Waals surface area contributed by atoms with Crippen molar-refractivity contribution in [1.29, 1.82) is 5.26 Å². The topological polar surface area (TPSA) is 82.0 Å². The summed E-state index contributed by atoms with van der Waals surface area (Å²) in [5.41, 5.74) is 0. The van der Waals surface area contributed by atoms with Crippen LogP contribution in [0.2, 0.25) is 0 Å². The van der Waals surface area contributed by atoms with Gasteiger partial charge in [-0.3, -0.25) is 9.59 Å². The standard InChI is InChI=1S/C9H13N3O2S/c1-3-8(13)12-6-7(15-2)9(14)11-5-4-10/h3,7H,1,5-6H2,2H3,(H,11,14)(H,12,13). The molecule has 2 N–H and O–H groups in total. The molecule has 0 heterocycles. The van der Waals surface area contributed by atoms with E-state index in [0.29, 0.717) is 0 Å². The van der Waals surface area contributed by atoms with Gasteiger partial charge in [-0.25, -0.2) is 0 Å². The number of hydrogen-bond donors (Lipinski definition) is 2. The molecule has 6 heteroatoms. The van der Waals surface area contributed by atoms with Gasteiger partial charge in [0.05, 0.1) is 6.07 Å². The third kappa shape index (κ3) is 5.75. The maximum atomic E-state index is 11.4. The highest BCUT2D eigenvalue weighted by Crippen LogP contribution is 2.04. The van der Waals surface area contributed by atoms with Gasteiger partial charge in [0.1, 0.15) is 11.8 Å². The molecule has 0 aromatic carbocycles. The average Bonchev–Trinajstić information content (AvgIpc) is 2.26. The number of nitrogens with one attached hydrogen (secondary N) is 2. The van der Waals surface area contributed by atoms with E-state index < -0.39 is 0 Å². The van der Waals surface area contributed by atoms with Crippen LogP contribution in [-0.4, -0.2) is 36.4 Å². The van der Waals surface area contributed by atoms with Crippen LogP contribution in [-0.2, 0) is 9.59 Å². The molecule has 0 aliphatic rings. The minimum Gasteiger partial charge on any atom is -0.351 e. The number of carbonyl (C=O) groups is 2. The molecule has 82 valence electrons. The van der Waals surface area contributed by atoms with Crippen molar-refractivity contribution in [2.45, 2.75) is 5.25 Å². The van der Waals surface area contributed by atoms with Gasteiger partial charge < -0.3 is 10.6 Å². The van der Waals surface area contributed by atoms with Gasteiger partial charge in [0, 0.05) is 6.54 Å². The summed E-state index contributed by atoms with van der Waals surface area (Å²) in [4.78, 5) is 22.2. The van der Waals surface area contributed by atoms with E-state index in [-0.39, 0.29) is 30.2 Å². The highest BCUT2D eigenvalue weighted by Gasteiger charge is 2.16. The van der Waals surface area contributed by atoms with Gasteiger partial charge in [0.25, 0.3) is 0 Å². The third-order valence-electron chi connectivity index (χ3n) is 1.57. The quantitative estimate of drug-likeness (QED) is 0.480. The molecular weight excluding hydrogens is 214 g/mol. The van der Waals surface area contributed by atoms with Crippen LogP contribution in [0.1, 0.15) is 0 Å². The first-order valence-electron chi connectivity index (χ1n) is 4.23. The van der Waals surface area contributed by atoms with Gasteiger partial charge in [0.2, 0.25) is 11.8 Å². The number of rotatable bonds is 6. The fourth-order valence-corrected chi connectivity index (χ4v) is 1.34. The summed E-state index contributed by atoms with van der Waals surface area (Å²) in [7, 11) is 0. The Bertz CT molecular complexity index is 286. The van der Waals surface area contributed by atoms with Gasteiger partial charge in [-0.05, 0) is 12.3 Å². The molecule has 1 atom stereocenters. The Labute approximate surface area is 92.9 Å². The molecule has 0 fully saturated rings. The minimum atomic E-state index is -0.387. The first-order chi connectivity index (χ1) is 7.15. The molecular formula is C9H13N3O2S. The molecule has 0 aromatic rings. The molecule has 0 aliphatic carbocycles. The number of nitrogens with zero attached hydrogens (tertiary/aromatic N) is 1. The van der Waals surface area contributed by atoms with E-state index in [2.05, 4.69) is 17.2 Å². The molecule has 0 aromatic heterocycles. The van der Waals surface area contributed by atoms with Crippen molar-refractivity contribution in [3.8, 4) is 6.07 Å². The summed E-state index contributed by atoms with van der Waals surface area (Å²) in [5, 5.41) is 12.8. The second-order valence-corrected chi connectivity index (χ2v) is 3.59. The second-order valence-electron chi connectivity index (χ2n) is 2.55. The number of nitriles is 1. The lowest BCUT2D eigenvalue weighted by Gasteiger charge is -2.13. The largest absolute Gasteiger partial charge is 0.351 e. The molecule has 0 saturated heterocycles. The maximum Gasteiger partial charge on any atom is 0.243 e. The Balaban J connectivity index is 4.01. The lowest BCUT2D eigenvalue weighted by Crippen LogP contribution is -2.40. The molecule has 5 nitrogen and oxygen atoms in total. The van der Waals surface area contributed by atoms with Crippen molar-refractivity contribution >= 4 is 23.6 Å². The Hall–Kier alpha value is -1.48. The molecule has 0 rings (SSSR count). The van der Waals surface area contributed by atoms with E-state index in [9.17, 15) is 9.59 Å². The number of amides is 2. The Morgan fingerprint density at radius 2 is 2.27 bits per heavy atom. The third-order valence-corrected chi connectivity index (χ3v) is 2.52. The number of thioether (sulfide) groups is 1. The van der Waals surface area contributed by atoms with Crippen molar-refractivity contribution < 1.29 is 9.59 Å². The lowest BCUT2D eigenvalue weighted by molar-refractivity contribution is -0.120. The van der Waals surface area contributed by atoms with Gasteiger partial charge >= 0.3 is 0 Å². The predicted octanol–water partition coefficient (Wildman–Crippen LogP) is -0.340. The predicted molar refractivity (Wildman–Crippen MR) is 59.1 cm³/mol. The first-order valence-corrected chi connectivity index (χ1v) is 5.52. The fraction of sp³-hybridized carbons (Fsp3) is 0.444. The second kappa shape index (κ2) is 7.88.